The Bertz CT molecular complexity index is 780. The number of nitro groups is 1. The number of hydrogen-bond acceptors (Lipinski definition) is 5. The van der Waals surface area contributed by atoms with E-state index in [1.165, 1.54) is 25.3 Å². The third kappa shape index (κ3) is 4.36. The van der Waals surface area contributed by atoms with Crippen molar-refractivity contribution >= 4 is 34.6 Å². The van der Waals surface area contributed by atoms with Crippen LogP contribution in [0.15, 0.2) is 36.4 Å². The van der Waals surface area contributed by atoms with Crippen molar-refractivity contribution in [2.24, 2.45) is 0 Å². The zero-order valence-corrected chi connectivity index (χ0v) is 13.9. The van der Waals surface area contributed by atoms with Crippen molar-refractivity contribution in [1.29, 1.82) is 0 Å². The summed E-state index contributed by atoms with van der Waals surface area (Å²) in [4.78, 5) is 22.4. The molecule has 0 aliphatic rings. The second-order valence-corrected chi connectivity index (χ2v) is 5.44. The molecule has 0 saturated carbocycles. The van der Waals surface area contributed by atoms with E-state index in [0.717, 1.165) is 5.56 Å². The Labute approximate surface area is 143 Å². The van der Waals surface area contributed by atoms with E-state index in [-0.39, 0.29) is 18.1 Å². The fourth-order valence-electron chi connectivity index (χ4n) is 2.05. The number of nitro benzene ring substituents is 1. The molecule has 2 aromatic rings. The molecule has 2 N–H and O–H groups in total. The quantitative estimate of drug-likeness (QED) is 0.613. The van der Waals surface area contributed by atoms with Gasteiger partial charge in [0.2, 0.25) is 5.91 Å². The maximum absolute atomic E-state index is 12.1. The summed E-state index contributed by atoms with van der Waals surface area (Å²) < 4.78 is 5.13. The van der Waals surface area contributed by atoms with Crippen LogP contribution in [-0.4, -0.2) is 24.5 Å². The van der Waals surface area contributed by atoms with E-state index in [1.54, 1.807) is 18.2 Å². The van der Waals surface area contributed by atoms with Crippen molar-refractivity contribution < 1.29 is 14.5 Å². The molecular weight excluding hydrogens is 334 g/mol. The lowest BCUT2D eigenvalue weighted by Crippen LogP contribution is -2.22. The molecule has 0 saturated heterocycles. The minimum absolute atomic E-state index is 0.0799. The lowest BCUT2D eigenvalue weighted by molar-refractivity contribution is -0.384. The standard InChI is InChI=1S/C16H16ClN3O4/c1-10-3-4-11(17)7-13(10)19-16(21)9-18-14-8-12(20(22)23)5-6-15(14)24-2/h3-8,18H,9H2,1-2H3,(H,19,21). The van der Waals surface area contributed by atoms with E-state index in [9.17, 15) is 14.9 Å². The van der Waals surface area contributed by atoms with E-state index in [4.69, 9.17) is 16.3 Å². The summed E-state index contributed by atoms with van der Waals surface area (Å²) in [5.74, 6) is 0.0984. The summed E-state index contributed by atoms with van der Waals surface area (Å²) in [5.41, 5.74) is 1.76. The highest BCUT2D eigenvalue weighted by atomic mass is 35.5. The van der Waals surface area contributed by atoms with Gasteiger partial charge in [-0.05, 0) is 30.7 Å². The summed E-state index contributed by atoms with van der Waals surface area (Å²) in [6, 6.07) is 9.31. The molecule has 0 unspecified atom stereocenters. The second-order valence-electron chi connectivity index (χ2n) is 5.00. The van der Waals surface area contributed by atoms with Crippen molar-refractivity contribution in [2.45, 2.75) is 6.92 Å². The van der Waals surface area contributed by atoms with E-state index in [0.29, 0.717) is 22.1 Å². The van der Waals surface area contributed by atoms with Gasteiger partial charge in [-0.1, -0.05) is 17.7 Å². The topological polar surface area (TPSA) is 93.5 Å². The largest absolute Gasteiger partial charge is 0.495 e. The number of non-ortho nitro benzene ring substituents is 1. The zero-order valence-electron chi connectivity index (χ0n) is 13.1. The van der Waals surface area contributed by atoms with Crippen LogP contribution in [0.2, 0.25) is 5.02 Å². The van der Waals surface area contributed by atoms with Gasteiger partial charge in [-0.2, -0.15) is 0 Å². The Morgan fingerprint density at radius 3 is 2.67 bits per heavy atom. The molecule has 2 rings (SSSR count). The van der Waals surface area contributed by atoms with Gasteiger partial charge in [0.1, 0.15) is 5.75 Å². The number of aryl methyl sites for hydroxylation is 1. The van der Waals surface area contributed by atoms with Gasteiger partial charge in [-0.3, -0.25) is 14.9 Å². The number of halogens is 1. The molecule has 24 heavy (non-hydrogen) atoms. The van der Waals surface area contributed by atoms with Crippen LogP contribution in [0.25, 0.3) is 0 Å². The SMILES string of the molecule is COc1ccc([N+](=O)[O-])cc1NCC(=O)Nc1cc(Cl)ccc1C. The lowest BCUT2D eigenvalue weighted by Gasteiger charge is -2.12. The number of carbonyl (C=O) groups is 1. The van der Waals surface area contributed by atoms with Crippen LogP contribution in [0.3, 0.4) is 0 Å². The number of carbonyl (C=O) groups excluding carboxylic acids is 1. The molecule has 8 heteroatoms. The second kappa shape index (κ2) is 7.65. The van der Waals surface area contributed by atoms with Gasteiger partial charge in [-0.25, -0.2) is 0 Å². The summed E-state index contributed by atoms with van der Waals surface area (Å²) in [6.45, 7) is 1.77. The molecule has 0 radical (unpaired) electrons. The minimum atomic E-state index is -0.514. The molecule has 0 aromatic heterocycles. The number of nitrogens with one attached hydrogen (secondary N) is 2. The summed E-state index contributed by atoms with van der Waals surface area (Å²) >= 11 is 5.91. The Balaban J connectivity index is 2.07. The van der Waals surface area contributed by atoms with Gasteiger partial charge in [0, 0.05) is 22.8 Å². The first kappa shape index (κ1) is 17.6. The van der Waals surface area contributed by atoms with Crippen molar-refractivity contribution in [1.82, 2.24) is 0 Å². The van der Waals surface area contributed by atoms with Crippen molar-refractivity contribution in [3.05, 3.63) is 57.1 Å². The third-order valence-electron chi connectivity index (χ3n) is 3.31. The van der Waals surface area contributed by atoms with Gasteiger partial charge >= 0.3 is 0 Å². The summed E-state index contributed by atoms with van der Waals surface area (Å²) in [5, 5.41) is 16.9. The Kier molecular flexibility index (Phi) is 5.59. The predicted octanol–water partition coefficient (Wildman–Crippen LogP) is 3.62. The molecule has 0 fully saturated rings. The molecular formula is C16H16ClN3O4. The zero-order chi connectivity index (χ0) is 17.7. The average Bonchev–Trinajstić information content (AvgIpc) is 2.56. The number of ether oxygens (including phenoxy) is 1. The first-order chi connectivity index (χ1) is 11.4. The average molecular weight is 350 g/mol. The number of nitrogens with zero attached hydrogens (tertiary/aromatic N) is 1. The number of anilines is 2. The Hall–Kier alpha value is -2.80. The van der Waals surface area contributed by atoms with Crippen LogP contribution in [0, 0.1) is 17.0 Å². The lowest BCUT2D eigenvalue weighted by atomic mass is 10.2. The maximum atomic E-state index is 12.1. The van der Waals surface area contributed by atoms with Gasteiger partial charge in [0.25, 0.3) is 5.69 Å². The van der Waals surface area contributed by atoms with Crippen LogP contribution < -0.4 is 15.4 Å². The normalized spacial score (nSPS) is 10.1. The molecule has 0 aliphatic heterocycles. The molecule has 7 nitrogen and oxygen atoms in total. The molecule has 0 bridgehead atoms. The van der Waals surface area contributed by atoms with Gasteiger partial charge in [0.15, 0.2) is 0 Å². The van der Waals surface area contributed by atoms with Gasteiger partial charge in [-0.15, -0.1) is 0 Å². The number of rotatable bonds is 6. The molecule has 2 aromatic carbocycles. The Morgan fingerprint density at radius 1 is 1.25 bits per heavy atom. The first-order valence-electron chi connectivity index (χ1n) is 7.03. The monoisotopic (exact) mass is 349 g/mol. The Morgan fingerprint density at radius 2 is 2.00 bits per heavy atom. The number of methoxy groups -OCH3 is 1. The van der Waals surface area contributed by atoms with Crippen molar-refractivity contribution in [3.63, 3.8) is 0 Å². The van der Waals surface area contributed by atoms with Crippen LogP contribution in [0.5, 0.6) is 5.75 Å². The van der Waals surface area contributed by atoms with Crippen molar-refractivity contribution in [2.75, 3.05) is 24.3 Å². The molecule has 1 amide bonds. The number of amides is 1. The molecule has 0 spiro atoms. The molecule has 0 heterocycles. The highest BCUT2D eigenvalue weighted by Gasteiger charge is 2.12. The van der Waals surface area contributed by atoms with Crippen LogP contribution in [0.1, 0.15) is 5.56 Å². The molecule has 0 aliphatic carbocycles. The fraction of sp³-hybridized carbons (Fsp3) is 0.188. The smallest absolute Gasteiger partial charge is 0.271 e. The maximum Gasteiger partial charge on any atom is 0.271 e. The highest BCUT2D eigenvalue weighted by Crippen LogP contribution is 2.28. The van der Waals surface area contributed by atoms with E-state index >= 15 is 0 Å². The van der Waals surface area contributed by atoms with Crippen LogP contribution >= 0.6 is 11.6 Å². The van der Waals surface area contributed by atoms with E-state index in [2.05, 4.69) is 10.6 Å². The van der Waals surface area contributed by atoms with Crippen LogP contribution in [0.4, 0.5) is 17.1 Å². The fourth-order valence-corrected chi connectivity index (χ4v) is 2.22. The third-order valence-corrected chi connectivity index (χ3v) is 3.54. The van der Waals surface area contributed by atoms with Crippen LogP contribution in [-0.2, 0) is 4.79 Å². The summed E-state index contributed by atoms with van der Waals surface area (Å²) in [6.07, 6.45) is 0. The number of hydrogen-bond donors (Lipinski definition) is 2. The first-order valence-corrected chi connectivity index (χ1v) is 7.41. The summed E-state index contributed by atoms with van der Waals surface area (Å²) in [7, 11) is 1.45. The highest BCUT2D eigenvalue weighted by molar-refractivity contribution is 6.31. The van der Waals surface area contributed by atoms with Gasteiger partial charge in [0.05, 0.1) is 24.3 Å². The molecule has 126 valence electrons. The number of benzene rings is 2. The molecule has 0 atom stereocenters. The minimum Gasteiger partial charge on any atom is -0.495 e. The van der Waals surface area contributed by atoms with Crippen molar-refractivity contribution in [3.8, 4) is 5.75 Å². The van der Waals surface area contributed by atoms with E-state index < -0.39 is 4.92 Å². The predicted molar refractivity (Wildman–Crippen MR) is 93.0 cm³/mol. The van der Waals surface area contributed by atoms with E-state index in [1.807, 2.05) is 6.92 Å². The van der Waals surface area contributed by atoms with Gasteiger partial charge < -0.3 is 15.4 Å².